The standard InChI is InChI=1S/C12H12FN3O2S/c13-9-4-2-1-3-8(9)10(17)7-15-11(18)16-12-14-5-6-19-12/h1-6,10,17H,7H2,(H2,14,15,16,18)/t10-/m0/s1. The van der Waals surface area contributed by atoms with Crippen molar-refractivity contribution >= 4 is 22.5 Å². The minimum atomic E-state index is -1.09. The minimum absolute atomic E-state index is 0.0852. The average molecular weight is 281 g/mol. The van der Waals surface area contributed by atoms with Crippen molar-refractivity contribution in [2.75, 3.05) is 11.9 Å². The van der Waals surface area contributed by atoms with Gasteiger partial charge in [-0.1, -0.05) is 18.2 Å². The summed E-state index contributed by atoms with van der Waals surface area (Å²) in [5, 5.41) is 16.9. The number of urea groups is 1. The number of hydrogen-bond acceptors (Lipinski definition) is 4. The second-order valence-electron chi connectivity index (χ2n) is 3.71. The lowest BCUT2D eigenvalue weighted by molar-refractivity contribution is 0.170. The van der Waals surface area contributed by atoms with Crippen molar-refractivity contribution in [3.05, 3.63) is 47.2 Å². The summed E-state index contributed by atoms with van der Waals surface area (Å²) >= 11 is 1.28. The maximum absolute atomic E-state index is 13.4. The van der Waals surface area contributed by atoms with Crippen molar-refractivity contribution in [2.45, 2.75) is 6.10 Å². The molecule has 1 atom stereocenters. The Balaban J connectivity index is 1.85. The fraction of sp³-hybridized carbons (Fsp3) is 0.167. The number of carbonyl (C=O) groups is 1. The third kappa shape index (κ3) is 3.73. The van der Waals surface area contributed by atoms with Crippen LogP contribution in [0.4, 0.5) is 14.3 Å². The summed E-state index contributed by atoms with van der Waals surface area (Å²) in [5.74, 6) is -0.503. The summed E-state index contributed by atoms with van der Waals surface area (Å²) in [6.45, 7) is -0.0852. The van der Waals surface area contributed by atoms with Gasteiger partial charge in [0, 0.05) is 23.7 Å². The number of aliphatic hydroxyl groups is 1. The van der Waals surface area contributed by atoms with Gasteiger partial charge in [-0.05, 0) is 6.07 Å². The molecule has 1 heterocycles. The second kappa shape index (κ2) is 6.26. The lowest BCUT2D eigenvalue weighted by Crippen LogP contribution is -2.32. The molecule has 3 N–H and O–H groups in total. The van der Waals surface area contributed by atoms with Crippen molar-refractivity contribution < 1.29 is 14.3 Å². The Bertz CT molecular complexity index is 548. The summed E-state index contributed by atoms with van der Waals surface area (Å²) in [6, 6.07) is 5.39. The number of benzene rings is 1. The number of aromatic nitrogens is 1. The van der Waals surface area contributed by atoms with E-state index in [2.05, 4.69) is 15.6 Å². The Morgan fingerprint density at radius 2 is 2.26 bits per heavy atom. The number of thiazole rings is 1. The summed E-state index contributed by atoms with van der Waals surface area (Å²) in [5.41, 5.74) is 0.150. The van der Waals surface area contributed by atoms with E-state index in [4.69, 9.17) is 0 Å². The number of amides is 2. The first-order valence-electron chi connectivity index (χ1n) is 5.53. The zero-order chi connectivity index (χ0) is 13.7. The Morgan fingerprint density at radius 1 is 1.47 bits per heavy atom. The van der Waals surface area contributed by atoms with Crippen LogP contribution in [0, 0.1) is 5.82 Å². The maximum Gasteiger partial charge on any atom is 0.321 e. The Morgan fingerprint density at radius 3 is 2.95 bits per heavy atom. The van der Waals surface area contributed by atoms with E-state index in [0.29, 0.717) is 5.13 Å². The number of halogens is 1. The Labute approximate surface area is 113 Å². The number of hydrogen-bond donors (Lipinski definition) is 3. The van der Waals surface area contributed by atoms with E-state index in [1.807, 2.05) is 0 Å². The predicted octanol–water partition coefficient (Wildman–Crippen LogP) is 2.14. The molecule has 2 aromatic rings. The van der Waals surface area contributed by atoms with Crippen LogP contribution in [0.1, 0.15) is 11.7 Å². The molecule has 0 aliphatic rings. The maximum atomic E-state index is 13.4. The summed E-state index contributed by atoms with van der Waals surface area (Å²) in [4.78, 5) is 15.4. The summed E-state index contributed by atoms with van der Waals surface area (Å²) in [7, 11) is 0. The van der Waals surface area contributed by atoms with E-state index >= 15 is 0 Å². The molecule has 1 aromatic carbocycles. The first-order valence-corrected chi connectivity index (χ1v) is 6.41. The van der Waals surface area contributed by atoms with Gasteiger partial charge in [0.2, 0.25) is 0 Å². The highest BCUT2D eigenvalue weighted by atomic mass is 32.1. The van der Waals surface area contributed by atoms with Gasteiger partial charge in [0.1, 0.15) is 5.82 Å². The number of anilines is 1. The third-order valence-electron chi connectivity index (χ3n) is 2.37. The number of carbonyl (C=O) groups excluding carboxylic acids is 1. The largest absolute Gasteiger partial charge is 0.386 e. The van der Waals surface area contributed by atoms with E-state index in [-0.39, 0.29) is 12.1 Å². The fourth-order valence-corrected chi connectivity index (χ4v) is 2.00. The molecular formula is C12H12FN3O2S. The molecular weight excluding hydrogens is 269 g/mol. The van der Waals surface area contributed by atoms with Gasteiger partial charge in [-0.3, -0.25) is 5.32 Å². The van der Waals surface area contributed by atoms with Crippen LogP contribution in [-0.4, -0.2) is 22.7 Å². The SMILES string of the molecule is O=C(NC[C@H](O)c1ccccc1F)Nc1nccs1. The molecule has 19 heavy (non-hydrogen) atoms. The van der Waals surface area contributed by atoms with Crippen LogP contribution in [-0.2, 0) is 0 Å². The third-order valence-corrected chi connectivity index (χ3v) is 3.06. The van der Waals surface area contributed by atoms with Crippen LogP contribution in [0.15, 0.2) is 35.8 Å². The van der Waals surface area contributed by atoms with Crippen LogP contribution in [0.25, 0.3) is 0 Å². The first-order chi connectivity index (χ1) is 9.16. The van der Waals surface area contributed by atoms with Crippen LogP contribution in [0.2, 0.25) is 0 Å². The lowest BCUT2D eigenvalue weighted by atomic mass is 10.1. The molecule has 0 aliphatic heterocycles. The Hall–Kier alpha value is -1.99. The quantitative estimate of drug-likeness (QED) is 0.803. The van der Waals surface area contributed by atoms with Crippen molar-refractivity contribution in [1.29, 1.82) is 0 Å². The highest BCUT2D eigenvalue weighted by Gasteiger charge is 2.13. The molecule has 0 unspecified atom stereocenters. The van der Waals surface area contributed by atoms with Crippen LogP contribution in [0.5, 0.6) is 0 Å². The molecule has 0 fully saturated rings. The predicted molar refractivity (Wildman–Crippen MR) is 70.5 cm³/mol. The molecule has 0 bridgehead atoms. The van der Waals surface area contributed by atoms with Crippen molar-refractivity contribution in [3.63, 3.8) is 0 Å². The van der Waals surface area contributed by atoms with Crippen molar-refractivity contribution in [2.24, 2.45) is 0 Å². The zero-order valence-electron chi connectivity index (χ0n) is 9.84. The molecule has 0 saturated carbocycles. The van der Waals surface area contributed by atoms with E-state index in [1.54, 1.807) is 17.6 Å². The molecule has 0 radical (unpaired) electrons. The smallest absolute Gasteiger partial charge is 0.321 e. The van der Waals surface area contributed by atoms with Gasteiger partial charge >= 0.3 is 6.03 Å². The van der Waals surface area contributed by atoms with Gasteiger partial charge in [0.25, 0.3) is 0 Å². The van der Waals surface area contributed by atoms with E-state index < -0.39 is 18.0 Å². The number of aliphatic hydroxyl groups excluding tert-OH is 1. The van der Waals surface area contributed by atoms with Gasteiger partial charge < -0.3 is 10.4 Å². The topological polar surface area (TPSA) is 74.2 Å². The minimum Gasteiger partial charge on any atom is -0.386 e. The molecule has 5 nitrogen and oxygen atoms in total. The van der Waals surface area contributed by atoms with Gasteiger partial charge in [-0.2, -0.15) is 0 Å². The van der Waals surface area contributed by atoms with Gasteiger partial charge in [-0.25, -0.2) is 14.2 Å². The zero-order valence-corrected chi connectivity index (χ0v) is 10.7. The Kier molecular flexibility index (Phi) is 4.43. The highest BCUT2D eigenvalue weighted by Crippen LogP contribution is 2.15. The van der Waals surface area contributed by atoms with Gasteiger partial charge in [0.15, 0.2) is 5.13 Å². The molecule has 0 saturated heterocycles. The molecule has 0 aliphatic carbocycles. The van der Waals surface area contributed by atoms with Gasteiger partial charge in [0.05, 0.1) is 6.10 Å². The van der Waals surface area contributed by atoms with Crippen LogP contribution >= 0.6 is 11.3 Å². The molecule has 2 amide bonds. The van der Waals surface area contributed by atoms with Crippen molar-refractivity contribution in [3.8, 4) is 0 Å². The number of nitrogens with one attached hydrogen (secondary N) is 2. The molecule has 2 rings (SSSR count). The number of rotatable bonds is 4. The second-order valence-corrected chi connectivity index (χ2v) is 4.60. The van der Waals surface area contributed by atoms with E-state index in [9.17, 15) is 14.3 Å². The number of nitrogens with zero attached hydrogens (tertiary/aromatic N) is 1. The average Bonchev–Trinajstić information content (AvgIpc) is 2.89. The lowest BCUT2D eigenvalue weighted by Gasteiger charge is -2.12. The fourth-order valence-electron chi connectivity index (χ4n) is 1.47. The van der Waals surface area contributed by atoms with Crippen LogP contribution in [0.3, 0.4) is 0 Å². The highest BCUT2D eigenvalue weighted by molar-refractivity contribution is 7.13. The molecule has 100 valence electrons. The van der Waals surface area contributed by atoms with Gasteiger partial charge in [-0.15, -0.1) is 11.3 Å². The molecule has 7 heteroatoms. The monoisotopic (exact) mass is 281 g/mol. The van der Waals surface area contributed by atoms with E-state index in [0.717, 1.165) is 0 Å². The molecule has 1 aromatic heterocycles. The summed E-state index contributed by atoms with van der Waals surface area (Å²) < 4.78 is 13.4. The first kappa shape index (κ1) is 13.4. The molecule has 0 spiro atoms. The van der Waals surface area contributed by atoms with E-state index in [1.165, 1.54) is 29.5 Å². The van der Waals surface area contributed by atoms with Crippen molar-refractivity contribution in [1.82, 2.24) is 10.3 Å². The normalized spacial score (nSPS) is 11.9. The van der Waals surface area contributed by atoms with Crippen LogP contribution < -0.4 is 10.6 Å². The summed E-state index contributed by atoms with van der Waals surface area (Å²) in [6.07, 6.45) is 0.470.